The van der Waals surface area contributed by atoms with Crippen molar-refractivity contribution in [1.82, 2.24) is 14.9 Å². The maximum Gasteiger partial charge on any atom is 0.295 e. The van der Waals surface area contributed by atoms with E-state index in [0.29, 0.717) is 29.4 Å². The molecule has 4 rings (SSSR count). The number of nitrogens with zero attached hydrogens (tertiary/aromatic N) is 3. The molecule has 7 heteroatoms. The average Bonchev–Trinajstić information content (AvgIpc) is 3.08. The molecule has 3 aromatic rings. The highest BCUT2D eigenvalue weighted by Gasteiger charge is 2.46. The number of ether oxygens (including phenoxy) is 1. The molecule has 34 heavy (non-hydrogen) atoms. The minimum Gasteiger partial charge on any atom is -0.507 e. The van der Waals surface area contributed by atoms with Gasteiger partial charge in [0.05, 0.1) is 18.2 Å². The van der Waals surface area contributed by atoms with Gasteiger partial charge in [-0.05, 0) is 59.9 Å². The first kappa shape index (κ1) is 23.2. The number of Topliss-reactive ketones (excluding diaryl/α,β-unsaturated/α-hetero) is 1. The first-order valence-electron chi connectivity index (χ1n) is 11.2. The third-order valence-electron chi connectivity index (χ3n) is 5.65. The Labute approximate surface area is 198 Å². The number of carbonyl (C=O) groups excluding carboxylic acids is 2. The number of benzene rings is 1. The fraction of sp³-hybridized carbons (Fsp3) is 0.259. The van der Waals surface area contributed by atoms with Crippen LogP contribution in [0.4, 0.5) is 0 Å². The lowest BCUT2D eigenvalue weighted by molar-refractivity contribution is -0.140. The van der Waals surface area contributed by atoms with Crippen LogP contribution in [0.25, 0.3) is 5.76 Å². The molecule has 1 unspecified atom stereocenters. The second-order valence-electron chi connectivity index (χ2n) is 8.76. The normalized spacial score (nSPS) is 17.4. The summed E-state index contributed by atoms with van der Waals surface area (Å²) in [5.41, 5.74) is 2.68. The predicted molar refractivity (Wildman–Crippen MR) is 128 cm³/mol. The van der Waals surface area contributed by atoms with Crippen LogP contribution in [0.15, 0.2) is 72.8 Å². The SMILES string of the molecule is Cc1cc(OCC(C)C)ccc1C(O)=C1C(=O)C(=O)N(Cc2cccnc2)C1c1cccnc1. The first-order valence-corrected chi connectivity index (χ1v) is 11.2. The van der Waals surface area contributed by atoms with Crippen LogP contribution in [0.3, 0.4) is 0 Å². The number of carbonyl (C=O) groups is 2. The van der Waals surface area contributed by atoms with E-state index in [1.54, 1.807) is 55.1 Å². The zero-order valence-corrected chi connectivity index (χ0v) is 19.4. The van der Waals surface area contributed by atoms with Gasteiger partial charge in [0.1, 0.15) is 11.5 Å². The lowest BCUT2D eigenvalue weighted by Crippen LogP contribution is -2.29. The molecule has 1 aliphatic heterocycles. The number of aliphatic hydroxyl groups excluding tert-OH is 1. The zero-order valence-electron chi connectivity index (χ0n) is 19.4. The van der Waals surface area contributed by atoms with E-state index in [0.717, 1.165) is 11.1 Å². The molecule has 3 heterocycles. The number of pyridine rings is 2. The van der Waals surface area contributed by atoms with Crippen LogP contribution in [0.1, 0.15) is 42.1 Å². The number of amides is 1. The molecule has 1 N–H and O–H groups in total. The molecular formula is C27H27N3O4. The number of likely N-dealkylation sites (tertiary alicyclic amines) is 1. The molecular weight excluding hydrogens is 430 g/mol. The number of aromatic nitrogens is 2. The van der Waals surface area contributed by atoms with Gasteiger partial charge in [-0.1, -0.05) is 26.0 Å². The van der Waals surface area contributed by atoms with Crippen molar-refractivity contribution >= 4 is 17.4 Å². The van der Waals surface area contributed by atoms with Gasteiger partial charge in [0.15, 0.2) is 0 Å². The van der Waals surface area contributed by atoms with Gasteiger partial charge in [0, 0.05) is 36.9 Å². The van der Waals surface area contributed by atoms with E-state index in [9.17, 15) is 14.7 Å². The van der Waals surface area contributed by atoms with Crippen molar-refractivity contribution in [2.24, 2.45) is 5.92 Å². The molecule has 2 aromatic heterocycles. The van der Waals surface area contributed by atoms with Crippen LogP contribution in [-0.2, 0) is 16.1 Å². The summed E-state index contributed by atoms with van der Waals surface area (Å²) in [5, 5.41) is 11.3. The standard InChI is InChI=1S/C27H27N3O4/c1-17(2)16-34-21-8-9-22(18(3)12-21)25(31)23-24(20-7-5-11-29-14-20)30(27(33)26(23)32)15-19-6-4-10-28-13-19/h4-14,17,24,31H,15-16H2,1-3H3. The molecule has 1 aromatic carbocycles. The smallest absolute Gasteiger partial charge is 0.295 e. The van der Waals surface area contributed by atoms with E-state index in [4.69, 9.17) is 4.74 Å². The Morgan fingerprint density at radius 3 is 2.44 bits per heavy atom. The second-order valence-corrected chi connectivity index (χ2v) is 8.76. The molecule has 0 spiro atoms. The van der Waals surface area contributed by atoms with Gasteiger partial charge in [0.25, 0.3) is 11.7 Å². The van der Waals surface area contributed by atoms with E-state index >= 15 is 0 Å². The lowest BCUT2D eigenvalue weighted by atomic mass is 9.94. The summed E-state index contributed by atoms with van der Waals surface area (Å²) in [7, 11) is 0. The van der Waals surface area contributed by atoms with Gasteiger partial charge < -0.3 is 14.7 Å². The number of hydrogen-bond acceptors (Lipinski definition) is 6. The third-order valence-corrected chi connectivity index (χ3v) is 5.65. The lowest BCUT2D eigenvalue weighted by Gasteiger charge is -2.25. The Bertz CT molecular complexity index is 1220. The number of rotatable bonds is 7. The molecule has 1 saturated heterocycles. The maximum atomic E-state index is 13.2. The van der Waals surface area contributed by atoms with Crippen molar-refractivity contribution in [2.75, 3.05) is 6.61 Å². The zero-order chi connectivity index (χ0) is 24.2. The summed E-state index contributed by atoms with van der Waals surface area (Å²) in [4.78, 5) is 36.0. The van der Waals surface area contributed by atoms with E-state index in [1.807, 2.05) is 19.1 Å². The van der Waals surface area contributed by atoms with Gasteiger partial charge >= 0.3 is 0 Å². The van der Waals surface area contributed by atoms with E-state index in [-0.39, 0.29) is 17.9 Å². The van der Waals surface area contributed by atoms with Crippen LogP contribution >= 0.6 is 0 Å². The molecule has 0 radical (unpaired) electrons. The quantitative estimate of drug-likeness (QED) is 0.320. The summed E-state index contributed by atoms with van der Waals surface area (Å²) in [6, 6.07) is 11.7. The van der Waals surface area contributed by atoms with Gasteiger partial charge in [0.2, 0.25) is 0 Å². The Morgan fingerprint density at radius 1 is 1.09 bits per heavy atom. The van der Waals surface area contributed by atoms with Crippen molar-refractivity contribution < 1.29 is 19.4 Å². The summed E-state index contributed by atoms with van der Waals surface area (Å²) in [5.74, 6) is -0.551. The molecule has 1 aliphatic rings. The van der Waals surface area contributed by atoms with Crippen LogP contribution in [0.2, 0.25) is 0 Å². The first-order chi connectivity index (χ1) is 16.4. The highest BCUT2D eigenvalue weighted by molar-refractivity contribution is 6.46. The number of ketones is 1. The van der Waals surface area contributed by atoms with Crippen molar-refractivity contribution in [3.63, 3.8) is 0 Å². The maximum absolute atomic E-state index is 13.2. The molecule has 0 bridgehead atoms. The fourth-order valence-corrected chi connectivity index (χ4v) is 4.02. The fourth-order valence-electron chi connectivity index (χ4n) is 4.02. The molecule has 174 valence electrons. The monoisotopic (exact) mass is 457 g/mol. The van der Waals surface area contributed by atoms with Gasteiger partial charge in [-0.15, -0.1) is 0 Å². The molecule has 0 saturated carbocycles. The molecule has 7 nitrogen and oxygen atoms in total. The Kier molecular flexibility index (Phi) is 6.72. The summed E-state index contributed by atoms with van der Waals surface area (Å²) in [6.45, 7) is 6.72. The van der Waals surface area contributed by atoms with Crippen molar-refractivity contribution in [3.8, 4) is 5.75 Å². The summed E-state index contributed by atoms with van der Waals surface area (Å²) < 4.78 is 5.78. The van der Waals surface area contributed by atoms with E-state index < -0.39 is 17.7 Å². The topological polar surface area (TPSA) is 92.6 Å². The third kappa shape index (κ3) is 4.69. The number of hydrogen-bond donors (Lipinski definition) is 1. The van der Waals surface area contributed by atoms with Crippen LogP contribution in [-0.4, -0.2) is 38.3 Å². The molecule has 1 atom stereocenters. The van der Waals surface area contributed by atoms with Gasteiger partial charge in [-0.3, -0.25) is 19.6 Å². The van der Waals surface area contributed by atoms with E-state index in [1.165, 1.54) is 4.90 Å². The Morgan fingerprint density at radius 2 is 1.82 bits per heavy atom. The van der Waals surface area contributed by atoms with Crippen LogP contribution < -0.4 is 4.74 Å². The van der Waals surface area contributed by atoms with Crippen molar-refractivity contribution in [3.05, 3.63) is 95.1 Å². The molecule has 1 fully saturated rings. The number of aryl methyl sites for hydroxylation is 1. The van der Waals surface area contributed by atoms with Gasteiger partial charge in [-0.25, -0.2) is 0 Å². The number of aliphatic hydroxyl groups is 1. The second kappa shape index (κ2) is 9.87. The van der Waals surface area contributed by atoms with E-state index in [2.05, 4.69) is 23.8 Å². The van der Waals surface area contributed by atoms with Gasteiger partial charge in [-0.2, -0.15) is 0 Å². The minimum absolute atomic E-state index is 0.0424. The Balaban J connectivity index is 1.78. The highest BCUT2D eigenvalue weighted by Crippen LogP contribution is 2.40. The van der Waals surface area contributed by atoms with Crippen LogP contribution in [0, 0.1) is 12.8 Å². The summed E-state index contributed by atoms with van der Waals surface area (Å²) >= 11 is 0. The summed E-state index contributed by atoms with van der Waals surface area (Å²) in [6.07, 6.45) is 6.53. The highest BCUT2D eigenvalue weighted by atomic mass is 16.5. The predicted octanol–water partition coefficient (Wildman–Crippen LogP) is 4.44. The Hall–Kier alpha value is -4.00. The van der Waals surface area contributed by atoms with Crippen LogP contribution in [0.5, 0.6) is 5.75 Å². The average molecular weight is 458 g/mol. The molecule has 0 aliphatic carbocycles. The largest absolute Gasteiger partial charge is 0.507 e. The van der Waals surface area contributed by atoms with Crippen molar-refractivity contribution in [1.29, 1.82) is 0 Å². The molecule has 1 amide bonds. The van der Waals surface area contributed by atoms with Crippen molar-refractivity contribution in [2.45, 2.75) is 33.4 Å². The minimum atomic E-state index is -0.773.